The Labute approximate surface area is 194 Å². The van der Waals surface area contributed by atoms with E-state index in [1.165, 1.54) is 0 Å². The van der Waals surface area contributed by atoms with Gasteiger partial charge in [0.2, 0.25) is 0 Å². The highest BCUT2D eigenvalue weighted by molar-refractivity contribution is 7.71. The summed E-state index contributed by atoms with van der Waals surface area (Å²) in [6, 6.07) is 22.8. The van der Waals surface area contributed by atoms with Gasteiger partial charge < -0.3 is 4.74 Å². The van der Waals surface area contributed by atoms with Crippen LogP contribution in [0.25, 0.3) is 22.3 Å². The number of hydrogen-bond acceptors (Lipinski definition) is 5. The van der Waals surface area contributed by atoms with Crippen LogP contribution in [0.3, 0.4) is 0 Å². The van der Waals surface area contributed by atoms with Gasteiger partial charge in [-0.1, -0.05) is 42.5 Å². The topological polar surface area (TPSA) is 77.7 Å². The molecular formula is C25H21N5O2S. The van der Waals surface area contributed by atoms with Crippen LogP contribution in [0.5, 0.6) is 5.75 Å². The molecule has 0 aliphatic rings. The Morgan fingerprint density at radius 1 is 0.939 bits per heavy atom. The Morgan fingerprint density at radius 3 is 2.48 bits per heavy atom. The van der Waals surface area contributed by atoms with Gasteiger partial charge in [0.1, 0.15) is 23.7 Å². The molecule has 2 heterocycles. The standard InChI is InChI=1S/C25H21N5O2S/c1-16-9-6-7-13-20(16)29-17(2)26-23-19(24(29)31)12-8-14-21(23)32-15-22-27-28-25(33)30(22)18-10-4-3-5-11-18/h3-14H,15H2,1-2H3,(H,28,33). The van der Waals surface area contributed by atoms with Gasteiger partial charge in [0, 0.05) is 5.69 Å². The first-order valence-electron chi connectivity index (χ1n) is 10.5. The van der Waals surface area contributed by atoms with E-state index < -0.39 is 0 Å². The number of aryl methyl sites for hydroxylation is 2. The maximum Gasteiger partial charge on any atom is 0.266 e. The Hall–Kier alpha value is -4.04. The summed E-state index contributed by atoms with van der Waals surface area (Å²) in [5.41, 5.74) is 3.09. The number of H-pyrrole nitrogens is 1. The largest absolute Gasteiger partial charge is 0.483 e. The second kappa shape index (κ2) is 8.48. The third-order valence-electron chi connectivity index (χ3n) is 5.50. The molecule has 7 nitrogen and oxygen atoms in total. The van der Waals surface area contributed by atoms with E-state index in [0.717, 1.165) is 16.9 Å². The highest BCUT2D eigenvalue weighted by atomic mass is 32.1. The summed E-state index contributed by atoms with van der Waals surface area (Å²) >= 11 is 5.40. The lowest BCUT2D eigenvalue weighted by atomic mass is 10.1. The molecule has 0 aliphatic carbocycles. The fourth-order valence-electron chi connectivity index (χ4n) is 3.92. The number of fused-ring (bicyclic) bond motifs is 1. The summed E-state index contributed by atoms with van der Waals surface area (Å²) < 4.78 is 10.0. The molecule has 0 bridgehead atoms. The lowest BCUT2D eigenvalue weighted by Gasteiger charge is -2.15. The van der Waals surface area contributed by atoms with Crippen LogP contribution in [0, 0.1) is 18.6 Å². The molecule has 0 fully saturated rings. The lowest BCUT2D eigenvalue weighted by molar-refractivity contribution is 0.296. The molecule has 0 saturated carbocycles. The van der Waals surface area contributed by atoms with Gasteiger partial charge in [-0.3, -0.25) is 19.0 Å². The number of rotatable bonds is 5. The minimum atomic E-state index is -0.135. The Balaban J connectivity index is 1.55. The smallest absolute Gasteiger partial charge is 0.266 e. The molecule has 2 aromatic heterocycles. The summed E-state index contributed by atoms with van der Waals surface area (Å²) in [6.45, 7) is 3.96. The van der Waals surface area contributed by atoms with Gasteiger partial charge >= 0.3 is 0 Å². The molecule has 0 atom stereocenters. The molecule has 5 rings (SSSR count). The Bertz CT molecular complexity index is 1580. The van der Waals surface area contributed by atoms with Crippen LogP contribution >= 0.6 is 12.2 Å². The lowest BCUT2D eigenvalue weighted by Crippen LogP contribution is -2.23. The Morgan fingerprint density at radius 2 is 1.70 bits per heavy atom. The van der Waals surface area contributed by atoms with E-state index in [0.29, 0.717) is 33.1 Å². The van der Waals surface area contributed by atoms with E-state index in [-0.39, 0.29) is 12.2 Å². The van der Waals surface area contributed by atoms with Crippen molar-refractivity contribution in [3.8, 4) is 17.1 Å². The van der Waals surface area contributed by atoms with Gasteiger partial charge in [0.25, 0.3) is 5.56 Å². The van der Waals surface area contributed by atoms with Gasteiger partial charge in [-0.05, 0) is 62.0 Å². The molecule has 8 heteroatoms. The van der Waals surface area contributed by atoms with Crippen molar-refractivity contribution >= 4 is 23.1 Å². The monoisotopic (exact) mass is 455 g/mol. The van der Waals surface area contributed by atoms with Gasteiger partial charge in [-0.25, -0.2) is 4.98 Å². The molecule has 0 radical (unpaired) electrons. The van der Waals surface area contributed by atoms with Gasteiger partial charge in [0.15, 0.2) is 10.6 Å². The van der Waals surface area contributed by atoms with E-state index in [4.69, 9.17) is 21.9 Å². The minimum Gasteiger partial charge on any atom is -0.483 e. The van der Waals surface area contributed by atoms with Crippen molar-refractivity contribution in [1.29, 1.82) is 0 Å². The number of aromatic nitrogens is 5. The molecular weight excluding hydrogens is 434 g/mol. The summed E-state index contributed by atoms with van der Waals surface area (Å²) in [5, 5.41) is 7.63. The normalized spacial score (nSPS) is 11.1. The third kappa shape index (κ3) is 3.74. The van der Waals surface area contributed by atoms with E-state index in [1.54, 1.807) is 22.8 Å². The maximum atomic E-state index is 13.4. The second-order valence-electron chi connectivity index (χ2n) is 7.64. The van der Waals surface area contributed by atoms with E-state index in [2.05, 4.69) is 10.2 Å². The summed E-state index contributed by atoms with van der Waals surface area (Å²) in [7, 11) is 0. The zero-order valence-electron chi connectivity index (χ0n) is 18.1. The number of nitrogens with zero attached hydrogens (tertiary/aromatic N) is 4. The molecule has 0 spiro atoms. The van der Waals surface area contributed by atoms with Crippen LogP contribution in [0.4, 0.5) is 0 Å². The summed E-state index contributed by atoms with van der Waals surface area (Å²) in [4.78, 5) is 18.1. The van der Waals surface area contributed by atoms with Crippen LogP contribution in [-0.4, -0.2) is 24.3 Å². The number of ether oxygens (including phenoxy) is 1. The maximum absolute atomic E-state index is 13.4. The van der Waals surface area contributed by atoms with Crippen molar-refractivity contribution in [2.45, 2.75) is 20.5 Å². The molecule has 3 aromatic carbocycles. The Kier molecular flexibility index (Phi) is 5.35. The highest BCUT2D eigenvalue weighted by Crippen LogP contribution is 2.24. The van der Waals surface area contributed by atoms with Crippen LogP contribution < -0.4 is 10.3 Å². The predicted octanol–water partition coefficient (Wildman–Crippen LogP) is 4.82. The zero-order chi connectivity index (χ0) is 22.9. The molecule has 0 saturated heterocycles. The number of aromatic amines is 1. The highest BCUT2D eigenvalue weighted by Gasteiger charge is 2.16. The zero-order valence-corrected chi connectivity index (χ0v) is 19.0. The predicted molar refractivity (Wildman–Crippen MR) is 130 cm³/mol. The number of nitrogens with one attached hydrogen (secondary N) is 1. The average Bonchev–Trinajstić information content (AvgIpc) is 3.20. The van der Waals surface area contributed by atoms with Crippen molar-refractivity contribution in [2.75, 3.05) is 0 Å². The fraction of sp³-hybridized carbons (Fsp3) is 0.120. The minimum absolute atomic E-state index is 0.135. The molecule has 33 heavy (non-hydrogen) atoms. The molecule has 0 aliphatic heterocycles. The first-order chi connectivity index (χ1) is 16.0. The number of benzene rings is 3. The fourth-order valence-corrected chi connectivity index (χ4v) is 4.17. The van der Waals surface area contributed by atoms with Crippen LogP contribution in [0.15, 0.2) is 77.6 Å². The first-order valence-corrected chi connectivity index (χ1v) is 10.9. The first kappa shape index (κ1) is 20.8. The van der Waals surface area contributed by atoms with Gasteiger partial charge in [0.05, 0.1) is 11.1 Å². The summed E-state index contributed by atoms with van der Waals surface area (Å²) in [5.74, 6) is 1.72. The van der Waals surface area contributed by atoms with Crippen molar-refractivity contribution in [1.82, 2.24) is 24.3 Å². The molecule has 0 amide bonds. The van der Waals surface area contributed by atoms with Crippen LogP contribution in [0.1, 0.15) is 17.2 Å². The third-order valence-corrected chi connectivity index (χ3v) is 5.77. The number of para-hydroxylation sites is 3. The van der Waals surface area contributed by atoms with Crippen molar-refractivity contribution in [2.24, 2.45) is 0 Å². The summed E-state index contributed by atoms with van der Waals surface area (Å²) in [6.07, 6.45) is 0. The quantitative estimate of drug-likeness (QED) is 0.384. The van der Waals surface area contributed by atoms with E-state index in [9.17, 15) is 4.79 Å². The molecule has 1 N–H and O–H groups in total. The molecule has 164 valence electrons. The van der Waals surface area contributed by atoms with Crippen LogP contribution in [-0.2, 0) is 6.61 Å². The van der Waals surface area contributed by atoms with E-state index in [1.807, 2.05) is 73.0 Å². The number of hydrogen-bond donors (Lipinski definition) is 1. The average molecular weight is 456 g/mol. The van der Waals surface area contributed by atoms with Crippen molar-refractivity contribution < 1.29 is 4.74 Å². The second-order valence-corrected chi connectivity index (χ2v) is 8.03. The molecule has 0 unspecified atom stereocenters. The van der Waals surface area contributed by atoms with E-state index >= 15 is 0 Å². The van der Waals surface area contributed by atoms with Crippen LogP contribution in [0.2, 0.25) is 0 Å². The van der Waals surface area contributed by atoms with Crippen molar-refractivity contribution in [3.05, 3.63) is 105 Å². The van der Waals surface area contributed by atoms with Gasteiger partial charge in [-0.15, -0.1) is 0 Å². The molecule has 5 aromatic rings. The SMILES string of the molecule is Cc1ccccc1-n1c(C)nc2c(OCc3n[nH]c(=S)n3-c3ccccc3)cccc2c1=O. The van der Waals surface area contributed by atoms with Gasteiger partial charge in [-0.2, -0.15) is 5.10 Å². The van der Waals surface area contributed by atoms with Crippen molar-refractivity contribution in [3.63, 3.8) is 0 Å².